The van der Waals surface area contributed by atoms with E-state index in [1.165, 1.54) is 6.07 Å². The highest BCUT2D eigenvalue weighted by molar-refractivity contribution is 6.30. The van der Waals surface area contributed by atoms with E-state index in [1.807, 2.05) is 0 Å². The fourth-order valence-electron chi connectivity index (χ4n) is 1.78. The molecule has 0 unspecified atom stereocenters. The lowest BCUT2D eigenvalue weighted by atomic mass is 10.0. The van der Waals surface area contributed by atoms with E-state index >= 15 is 0 Å². The minimum absolute atomic E-state index is 0.00826. The molecule has 0 spiro atoms. The second-order valence-corrected chi connectivity index (χ2v) is 4.91. The average Bonchev–Trinajstić information content (AvgIpc) is 2.38. The third-order valence-electron chi connectivity index (χ3n) is 2.69. The summed E-state index contributed by atoms with van der Waals surface area (Å²) in [6, 6.07) is 7.77. The Bertz CT molecular complexity index is 608. The molecule has 1 aromatic carbocycles. The molecule has 0 fully saturated rings. The standard InChI is InChI=1S/C14H12Cl2FNO2/c15-10-6-9(4-5-19)11(12(17)7-10)8-20-14-3-1-2-13(16)18-14/h1-3,6-7,19H,4-5,8H2. The third kappa shape index (κ3) is 3.82. The van der Waals surface area contributed by atoms with Crippen LogP contribution in [0.15, 0.2) is 30.3 Å². The zero-order valence-corrected chi connectivity index (χ0v) is 12.0. The maximum atomic E-state index is 13.9. The first-order valence-electron chi connectivity index (χ1n) is 5.93. The van der Waals surface area contributed by atoms with Crippen LogP contribution in [0.5, 0.6) is 5.88 Å². The van der Waals surface area contributed by atoms with Crippen LogP contribution in [0.1, 0.15) is 11.1 Å². The second-order valence-electron chi connectivity index (χ2n) is 4.09. The summed E-state index contributed by atoms with van der Waals surface area (Å²) in [4.78, 5) is 3.96. The molecule has 20 heavy (non-hydrogen) atoms. The van der Waals surface area contributed by atoms with Gasteiger partial charge in [0, 0.05) is 23.3 Å². The molecule has 2 rings (SSSR count). The molecule has 0 radical (unpaired) electrons. The number of halogens is 3. The molecule has 3 nitrogen and oxygen atoms in total. The summed E-state index contributed by atoms with van der Waals surface area (Å²) >= 11 is 11.5. The molecule has 0 saturated heterocycles. The summed E-state index contributed by atoms with van der Waals surface area (Å²) in [6.07, 6.45) is 0.305. The van der Waals surface area contributed by atoms with Gasteiger partial charge in [-0.3, -0.25) is 0 Å². The Morgan fingerprint density at radius 3 is 2.75 bits per heavy atom. The van der Waals surface area contributed by atoms with Crippen molar-refractivity contribution in [2.45, 2.75) is 13.0 Å². The Hall–Kier alpha value is -1.36. The number of hydrogen-bond acceptors (Lipinski definition) is 3. The van der Waals surface area contributed by atoms with Crippen molar-refractivity contribution in [3.8, 4) is 5.88 Å². The Labute approximate surface area is 125 Å². The predicted molar refractivity (Wildman–Crippen MR) is 75.8 cm³/mol. The van der Waals surface area contributed by atoms with Crippen LogP contribution in [0.4, 0.5) is 4.39 Å². The fourth-order valence-corrected chi connectivity index (χ4v) is 2.16. The van der Waals surface area contributed by atoms with Crippen LogP contribution in [0, 0.1) is 5.82 Å². The molecule has 0 atom stereocenters. The molecular formula is C14H12Cl2FNO2. The largest absolute Gasteiger partial charge is 0.473 e. The van der Waals surface area contributed by atoms with Gasteiger partial charge >= 0.3 is 0 Å². The molecule has 2 aromatic rings. The van der Waals surface area contributed by atoms with E-state index in [-0.39, 0.29) is 18.2 Å². The van der Waals surface area contributed by atoms with Crippen molar-refractivity contribution in [1.29, 1.82) is 0 Å². The predicted octanol–water partition coefficient (Wildman–Crippen LogP) is 3.64. The summed E-state index contributed by atoms with van der Waals surface area (Å²) in [5.41, 5.74) is 0.963. The van der Waals surface area contributed by atoms with Crippen LogP contribution >= 0.6 is 23.2 Å². The topological polar surface area (TPSA) is 42.4 Å². The van der Waals surface area contributed by atoms with Gasteiger partial charge in [0.25, 0.3) is 0 Å². The zero-order valence-electron chi connectivity index (χ0n) is 10.4. The minimum Gasteiger partial charge on any atom is -0.473 e. The average molecular weight is 316 g/mol. The van der Waals surface area contributed by atoms with E-state index in [2.05, 4.69) is 4.98 Å². The first-order chi connectivity index (χ1) is 9.60. The molecular weight excluding hydrogens is 304 g/mol. The monoisotopic (exact) mass is 315 g/mol. The van der Waals surface area contributed by atoms with Gasteiger partial charge in [0.1, 0.15) is 17.6 Å². The Morgan fingerprint density at radius 2 is 2.05 bits per heavy atom. The van der Waals surface area contributed by atoms with Crippen molar-refractivity contribution < 1.29 is 14.2 Å². The first-order valence-corrected chi connectivity index (χ1v) is 6.68. The molecule has 106 valence electrons. The minimum atomic E-state index is -0.469. The van der Waals surface area contributed by atoms with E-state index in [0.29, 0.717) is 28.6 Å². The molecule has 0 amide bonds. The van der Waals surface area contributed by atoms with Gasteiger partial charge in [-0.05, 0) is 30.2 Å². The number of aromatic nitrogens is 1. The number of benzene rings is 1. The molecule has 0 aliphatic rings. The number of rotatable bonds is 5. The van der Waals surface area contributed by atoms with E-state index < -0.39 is 5.82 Å². The van der Waals surface area contributed by atoms with Crippen molar-refractivity contribution in [1.82, 2.24) is 4.98 Å². The van der Waals surface area contributed by atoms with Crippen molar-refractivity contribution in [3.05, 3.63) is 57.5 Å². The van der Waals surface area contributed by atoms with Crippen LogP contribution in [-0.2, 0) is 13.0 Å². The molecule has 1 aromatic heterocycles. The SMILES string of the molecule is OCCc1cc(Cl)cc(F)c1COc1cccc(Cl)n1. The summed E-state index contributed by atoms with van der Waals surface area (Å²) in [7, 11) is 0. The van der Waals surface area contributed by atoms with Crippen LogP contribution in [0.3, 0.4) is 0 Å². The van der Waals surface area contributed by atoms with Crippen molar-refractivity contribution in [2.75, 3.05) is 6.61 Å². The summed E-state index contributed by atoms with van der Waals surface area (Å²) in [5.74, 6) is -0.162. The summed E-state index contributed by atoms with van der Waals surface area (Å²) in [6.45, 7) is -0.103. The van der Waals surface area contributed by atoms with Gasteiger partial charge in [0.05, 0.1) is 0 Å². The number of aliphatic hydroxyl groups excluding tert-OH is 1. The van der Waals surface area contributed by atoms with Crippen LogP contribution in [0.2, 0.25) is 10.2 Å². The highest BCUT2D eigenvalue weighted by Gasteiger charge is 2.11. The molecule has 0 aliphatic heterocycles. The van der Waals surface area contributed by atoms with Gasteiger partial charge in [-0.1, -0.05) is 29.3 Å². The van der Waals surface area contributed by atoms with E-state index in [1.54, 1.807) is 24.3 Å². The van der Waals surface area contributed by atoms with Crippen molar-refractivity contribution >= 4 is 23.2 Å². The highest BCUT2D eigenvalue weighted by atomic mass is 35.5. The van der Waals surface area contributed by atoms with Gasteiger partial charge in [0.2, 0.25) is 5.88 Å². The normalized spacial score (nSPS) is 10.6. The first kappa shape index (κ1) is 15.0. The second kappa shape index (κ2) is 6.88. The Kier molecular flexibility index (Phi) is 5.17. The summed E-state index contributed by atoms with van der Waals surface area (Å²) < 4.78 is 19.3. The molecule has 0 saturated carbocycles. The van der Waals surface area contributed by atoms with E-state index in [4.69, 9.17) is 33.0 Å². The van der Waals surface area contributed by atoms with Gasteiger partial charge in [0.15, 0.2) is 0 Å². The highest BCUT2D eigenvalue weighted by Crippen LogP contribution is 2.22. The third-order valence-corrected chi connectivity index (χ3v) is 3.12. The van der Waals surface area contributed by atoms with Crippen LogP contribution in [-0.4, -0.2) is 16.7 Å². The lowest BCUT2D eigenvalue weighted by Crippen LogP contribution is -2.06. The van der Waals surface area contributed by atoms with Crippen molar-refractivity contribution in [2.24, 2.45) is 0 Å². The molecule has 1 heterocycles. The lowest BCUT2D eigenvalue weighted by Gasteiger charge is -2.12. The zero-order chi connectivity index (χ0) is 14.5. The Morgan fingerprint density at radius 1 is 1.25 bits per heavy atom. The fraction of sp³-hybridized carbons (Fsp3) is 0.214. The lowest BCUT2D eigenvalue weighted by molar-refractivity contribution is 0.280. The van der Waals surface area contributed by atoms with E-state index in [9.17, 15) is 4.39 Å². The van der Waals surface area contributed by atoms with E-state index in [0.717, 1.165) is 0 Å². The van der Waals surface area contributed by atoms with Gasteiger partial charge < -0.3 is 9.84 Å². The number of ether oxygens (including phenoxy) is 1. The quantitative estimate of drug-likeness (QED) is 0.856. The molecule has 6 heteroatoms. The summed E-state index contributed by atoms with van der Waals surface area (Å²) in [5, 5.41) is 9.60. The van der Waals surface area contributed by atoms with Gasteiger partial charge in [-0.2, -0.15) is 0 Å². The molecule has 0 aliphatic carbocycles. The molecule has 0 bridgehead atoms. The Balaban J connectivity index is 2.20. The van der Waals surface area contributed by atoms with Crippen molar-refractivity contribution in [3.63, 3.8) is 0 Å². The number of pyridine rings is 1. The maximum absolute atomic E-state index is 13.9. The maximum Gasteiger partial charge on any atom is 0.214 e. The molecule has 1 N–H and O–H groups in total. The number of nitrogens with zero attached hydrogens (tertiary/aromatic N) is 1. The smallest absolute Gasteiger partial charge is 0.214 e. The van der Waals surface area contributed by atoms with Gasteiger partial charge in [-0.15, -0.1) is 0 Å². The van der Waals surface area contributed by atoms with Crippen LogP contribution < -0.4 is 4.74 Å². The van der Waals surface area contributed by atoms with Gasteiger partial charge in [-0.25, -0.2) is 9.37 Å². The number of aliphatic hydroxyl groups is 1. The van der Waals surface area contributed by atoms with Crippen LogP contribution in [0.25, 0.3) is 0 Å². The number of hydrogen-bond donors (Lipinski definition) is 1.